The van der Waals surface area contributed by atoms with E-state index in [1.54, 1.807) is 18.2 Å². The van der Waals surface area contributed by atoms with Gasteiger partial charge in [-0.3, -0.25) is 10.1 Å². The molecule has 170 valence electrons. The van der Waals surface area contributed by atoms with E-state index < -0.39 is 25.9 Å². The molecule has 0 saturated heterocycles. The highest BCUT2D eigenvalue weighted by Crippen LogP contribution is 2.40. The molecule has 1 unspecified atom stereocenters. The Morgan fingerprint density at radius 3 is 2.52 bits per heavy atom. The average Bonchev–Trinajstić information content (AvgIpc) is 2.59. The summed E-state index contributed by atoms with van der Waals surface area (Å²) in [4.78, 5) is 11.0. The number of anilines is 1. The summed E-state index contributed by atoms with van der Waals surface area (Å²) >= 11 is 9.70. The van der Waals surface area contributed by atoms with Crippen LogP contribution in [0.3, 0.4) is 0 Å². The Balaban J connectivity index is 2.53. The van der Waals surface area contributed by atoms with Gasteiger partial charge in [-0.05, 0) is 57.3 Å². The lowest BCUT2D eigenvalue weighted by Crippen LogP contribution is -2.32. The van der Waals surface area contributed by atoms with Crippen molar-refractivity contribution in [1.82, 2.24) is 0 Å². The Morgan fingerprint density at radius 2 is 1.94 bits per heavy atom. The fourth-order valence-electron chi connectivity index (χ4n) is 3.26. The highest BCUT2D eigenvalue weighted by molar-refractivity contribution is 9.10. The molecule has 0 bridgehead atoms. The van der Waals surface area contributed by atoms with Crippen LogP contribution in [0, 0.1) is 10.1 Å². The summed E-state index contributed by atoms with van der Waals surface area (Å²) in [6.07, 6.45) is 0.0446. The van der Waals surface area contributed by atoms with Crippen molar-refractivity contribution >= 4 is 47.2 Å². The molecular formula is C20H24BrClF2N2O4Si. The number of nitro groups is 1. The van der Waals surface area contributed by atoms with Crippen LogP contribution in [-0.2, 0) is 4.43 Å². The van der Waals surface area contributed by atoms with E-state index in [0.29, 0.717) is 10.9 Å². The van der Waals surface area contributed by atoms with E-state index >= 15 is 0 Å². The molecule has 1 N–H and O–H groups in total. The number of rotatable bonds is 10. The second kappa shape index (κ2) is 10.7. The molecule has 0 aliphatic heterocycles. The van der Waals surface area contributed by atoms with Crippen LogP contribution in [0.4, 0.5) is 20.2 Å². The number of nitrogens with one attached hydrogen (secondary N) is 1. The molecule has 0 heterocycles. The highest BCUT2D eigenvalue weighted by atomic mass is 79.9. The molecule has 0 spiro atoms. The Morgan fingerprint density at radius 1 is 1.26 bits per heavy atom. The summed E-state index contributed by atoms with van der Waals surface area (Å²) in [7, 11) is -1.90. The van der Waals surface area contributed by atoms with Crippen LogP contribution in [0.25, 0.3) is 0 Å². The SMILES string of the molecule is CC(C[C@@H](Nc1cc(Br)ccc1[N+](=O)[O-])c1c(Cl)cccc1OC(F)F)O[Si](C)(C)C. The number of halogens is 4. The zero-order valence-corrected chi connectivity index (χ0v) is 20.8. The van der Waals surface area contributed by atoms with Crippen molar-refractivity contribution in [2.45, 2.75) is 51.7 Å². The molecule has 11 heteroatoms. The normalized spacial score (nSPS) is 13.7. The van der Waals surface area contributed by atoms with E-state index in [1.165, 1.54) is 18.2 Å². The number of hydrogen-bond donors (Lipinski definition) is 1. The van der Waals surface area contributed by atoms with Crippen LogP contribution < -0.4 is 10.1 Å². The van der Waals surface area contributed by atoms with Gasteiger partial charge in [-0.25, -0.2) is 0 Å². The maximum atomic E-state index is 13.0. The van der Waals surface area contributed by atoms with Crippen LogP contribution in [0.1, 0.15) is 24.9 Å². The molecule has 0 radical (unpaired) electrons. The Labute approximate surface area is 194 Å². The van der Waals surface area contributed by atoms with Gasteiger partial charge in [0.2, 0.25) is 0 Å². The molecule has 2 atom stereocenters. The van der Waals surface area contributed by atoms with Crippen molar-refractivity contribution in [2.24, 2.45) is 0 Å². The first-order valence-corrected chi connectivity index (χ1v) is 14.1. The quantitative estimate of drug-likeness (QED) is 0.194. The van der Waals surface area contributed by atoms with E-state index in [-0.39, 0.29) is 33.8 Å². The highest BCUT2D eigenvalue weighted by Gasteiger charge is 2.28. The number of alkyl halides is 2. The maximum absolute atomic E-state index is 13.0. The standard InChI is InChI=1S/C20H24BrClF2N2O4Si/c1-12(30-31(2,3)4)10-16(19-14(22)6-5-7-18(19)29-20(23)24)25-15-11-13(21)8-9-17(15)26(27)28/h5-9,11-12,16,20,25H,10H2,1-4H3/t12?,16-/m1/s1. The van der Waals surface area contributed by atoms with E-state index in [2.05, 4.69) is 21.2 Å². The number of ether oxygens (including phenoxy) is 1. The lowest BCUT2D eigenvalue weighted by Gasteiger charge is -2.29. The molecule has 31 heavy (non-hydrogen) atoms. The summed E-state index contributed by atoms with van der Waals surface area (Å²) in [6.45, 7) is 4.92. The van der Waals surface area contributed by atoms with Crippen LogP contribution in [0.5, 0.6) is 5.75 Å². The molecule has 2 aromatic carbocycles. The summed E-state index contributed by atoms with van der Waals surface area (Å²) in [5.74, 6) is -0.0992. The average molecular weight is 538 g/mol. The number of hydrogen-bond acceptors (Lipinski definition) is 5. The van der Waals surface area contributed by atoms with Crippen molar-refractivity contribution in [3.63, 3.8) is 0 Å². The third-order valence-corrected chi connectivity index (χ3v) is 6.12. The Bertz CT molecular complexity index is 931. The smallest absolute Gasteiger partial charge is 0.387 e. The molecular weight excluding hydrogens is 514 g/mol. The molecule has 2 rings (SSSR count). The first kappa shape index (κ1) is 25.5. The minimum absolute atomic E-state index is 0.0992. The monoisotopic (exact) mass is 536 g/mol. The van der Waals surface area contributed by atoms with E-state index in [1.807, 2.05) is 26.6 Å². The van der Waals surface area contributed by atoms with Gasteiger partial charge in [-0.1, -0.05) is 33.6 Å². The third-order valence-electron chi connectivity index (χ3n) is 4.18. The number of benzene rings is 2. The van der Waals surface area contributed by atoms with Gasteiger partial charge >= 0.3 is 6.61 Å². The van der Waals surface area contributed by atoms with Gasteiger partial charge in [-0.15, -0.1) is 0 Å². The van der Waals surface area contributed by atoms with Gasteiger partial charge in [0.05, 0.1) is 11.0 Å². The fourth-order valence-corrected chi connectivity index (χ4v) is 5.22. The second-order valence-electron chi connectivity index (χ2n) is 7.92. The number of nitro benzene ring substituents is 1. The van der Waals surface area contributed by atoms with E-state index in [0.717, 1.165) is 0 Å². The van der Waals surface area contributed by atoms with Crippen molar-refractivity contribution in [2.75, 3.05) is 5.32 Å². The van der Waals surface area contributed by atoms with Gasteiger partial charge in [0.25, 0.3) is 5.69 Å². The minimum atomic E-state index is -3.05. The van der Waals surface area contributed by atoms with Crippen LogP contribution in [-0.4, -0.2) is 26.0 Å². The topological polar surface area (TPSA) is 73.6 Å². The van der Waals surface area contributed by atoms with Gasteiger partial charge in [0.1, 0.15) is 11.4 Å². The molecule has 0 aliphatic rings. The van der Waals surface area contributed by atoms with Crippen LogP contribution in [0.15, 0.2) is 40.9 Å². The minimum Gasteiger partial charge on any atom is -0.434 e. The molecule has 2 aromatic rings. The van der Waals surface area contributed by atoms with Gasteiger partial charge < -0.3 is 14.5 Å². The van der Waals surface area contributed by atoms with Gasteiger partial charge in [0, 0.05) is 27.2 Å². The van der Waals surface area contributed by atoms with E-state index in [4.69, 9.17) is 20.8 Å². The van der Waals surface area contributed by atoms with Crippen molar-refractivity contribution in [1.29, 1.82) is 0 Å². The number of nitrogens with zero attached hydrogens (tertiary/aromatic N) is 1. The van der Waals surface area contributed by atoms with Gasteiger partial charge in [0.15, 0.2) is 8.32 Å². The summed E-state index contributed by atoms with van der Waals surface area (Å²) in [5, 5.41) is 14.8. The predicted molar refractivity (Wildman–Crippen MR) is 124 cm³/mol. The zero-order chi connectivity index (χ0) is 23.3. The molecule has 0 aromatic heterocycles. The predicted octanol–water partition coefficient (Wildman–Crippen LogP) is 7.40. The van der Waals surface area contributed by atoms with Crippen molar-refractivity contribution in [3.05, 3.63) is 61.6 Å². The molecule has 0 amide bonds. The van der Waals surface area contributed by atoms with Gasteiger partial charge in [-0.2, -0.15) is 8.78 Å². The first-order valence-electron chi connectivity index (χ1n) is 9.49. The van der Waals surface area contributed by atoms with Crippen LogP contribution >= 0.6 is 27.5 Å². The van der Waals surface area contributed by atoms with Crippen molar-refractivity contribution in [3.8, 4) is 5.75 Å². The maximum Gasteiger partial charge on any atom is 0.387 e. The zero-order valence-electron chi connectivity index (χ0n) is 17.5. The van der Waals surface area contributed by atoms with E-state index in [9.17, 15) is 18.9 Å². The molecule has 6 nitrogen and oxygen atoms in total. The summed E-state index contributed by atoms with van der Waals surface area (Å²) in [6, 6.07) is 8.22. The van der Waals surface area contributed by atoms with Crippen LogP contribution in [0.2, 0.25) is 24.7 Å². The van der Waals surface area contributed by atoms with Crippen molar-refractivity contribution < 1.29 is 22.9 Å². The fraction of sp³-hybridized carbons (Fsp3) is 0.400. The third kappa shape index (κ3) is 7.71. The first-order chi connectivity index (χ1) is 14.4. The second-order valence-corrected chi connectivity index (χ2v) is 13.7. The lowest BCUT2D eigenvalue weighted by molar-refractivity contribution is -0.384. The largest absolute Gasteiger partial charge is 0.434 e. The molecule has 0 fully saturated rings. The summed E-state index contributed by atoms with van der Waals surface area (Å²) in [5.41, 5.74) is 0.340. The molecule has 0 aliphatic carbocycles. The summed E-state index contributed by atoms with van der Waals surface area (Å²) < 4.78 is 37.5. The lowest BCUT2D eigenvalue weighted by atomic mass is 9.99. The Kier molecular flexibility index (Phi) is 8.81. The Hall–Kier alpha value is -1.75. The molecule has 0 saturated carbocycles.